The first-order valence-corrected chi connectivity index (χ1v) is 4.90. The lowest BCUT2D eigenvalue weighted by atomic mass is 9.95. The van der Waals surface area contributed by atoms with Gasteiger partial charge in [0.25, 0.3) is 0 Å². The molecule has 0 spiro atoms. The van der Waals surface area contributed by atoms with Gasteiger partial charge >= 0.3 is 0 Å². The van der Waals surface area contributed by atoms with Gasteiger partial charge in [0.2, 0.25) is 0 Å². The summed E-state index contributed by atoms with van der Waals surface area (Å²) >= 11 is 0. The van der Waals surface area contributed by atoms with Crippen molar-refractivity contribution in [1.82, 2.24) is 0 Å². The van der Waals surface area contributed by atoms with Crippen molar-refractivity contribution in [2.45, 2.75) is 46.5 Å². The number of hydrogen-bond acceptors (Lipinski definition) is 0. The molecule has 0 radical (unpaired) electrons. The Kier molecular flexibility index (Phi) is 5.79. The fraction of sp³-hybridized carbons (Fsp3) is 0.667. The number of rotatable bonds is 6. The molecule has 1 atom stereocenters. The molecule has 1 unspecified atom stereocenters. The first-order chi connectivity index (χ1) is 5.57. The maximum Gasteiger partial charge on any atom is -0.0234 e. The van der Waals surface area contributed by atoms with Crippen molar-refractivity contribution in [3.05, 3.63) is 24.3 Å². The Hall–Kier alpha value is -0.520. The van der Waals surface area contributed by atoms with Gasteiger partial charge in [-0.2, -0.15) is 0 Å². The van der Waals surface area contributed by atoms with Crippen LogP contribution in [-0.2, 0) is 0 Å². The predicted molar refractivity (Wildman–Crippen MR) is 57.3 cm³/mol. The Labute approximate surface area is 77.4 Å². The Bertz CT molecular complexity index is 153. The van der Waals surface area contributed by atoms with E-state index in [1.807, 2.05) is 0 Å². The molecule has 0 heteroatoms. The smallest absolute Gasteiger partial charge is 0.0234 e. The lowest BCUT2D eigenvalue weighted by Crippen LogP contribution is -1.95. The molecule has 0 saturated heterocycles. The van der Waals surface area contributed by atoms with Gasteiger partial charge in [0.1, 0.15) is 0 Å². The van der Waals surface area contributed by atoms with Gasteiger partial charge in [0.15, 0.2) is 0 Å². The second-order valence-corrected chi connectivity index (χ2v) is 3.79. The summed E-state index contributed by atoms with van der Waals surface area (Å²) in [6.07, 6.45) is 4.79. The molecule has 0 aliphatic carbocycles. The first kappa shape index (κ1) is 11.5. The molecule has 0 heterocycles. The van der Waals surface area contributed by atoms with E-state index in [4.69, 9.17) is 0 Å². The molecule has 12 heavy (non-hydrogen) atoms. The zero-order valence-electron chi connectivity index (χ0n) is 8.82. The van der Waals surface area contributed by atoms with Gasteiger partial charge < -0.3 is 0 Å². The van der Waals surface area contributed by atoms with E-state index < -0.39 is 0 Å². The molecule has 0 aromatic rings. The van der Waals surface area contributed by atoms with Crippen molar-refractivity contribution in [3.63, 3.8) is 0 Å². The predicted octanol–water partition coefficient (Wildman–Crippen LogP) is 4.34. The molecule has 0 aromatic carbocycles. The summed E-state index contributed by atoms with van der Waals surface area (Å²) in [5.41, 5.74) is 2.69. The van der Waals surface area contributed by atoms with E-state index in [0.29, 0.717) is 5.92 Å². The maximum atomic E-state index is 4.05. The van der Waals surface area contributed by atoms with Gasteiger partial charge in [-0.25, -0.2) is 0 Å². The van der Waals surface area contributed by atoms with Gasteiger partial charge in [0, 0.05) is 0 Å². The number of allylic oxidation sites excluding steroid dienone is 2. The van der Waals surface area contributed by atoms with E-state index in [1.165, 1.54) is 36.8 Å². The Morgan fingerprint density at radius 2 is 1.83 bits per heavy atom. The summed E-state index contributed by atoms with van der Waals surface area (Å²) in [4.78, 5) is 0. The third-order valence-corrected chi connectivity index (χ3v) is 2.38. The van der Waals surface area contributed by atoms with Crippen LogP contribution < -0.4 is 0 Å². The molecule has 0 nitrogen and oxygen atoms in total. The van der Waals surface area contributed by atoms with Gasteiger partial charge in [-0.05, 0) is 32.1 Å². The fourth-order valence-corrected chi connectivity index (χ4v) is 1.15. The Balaban J connectivity index is 3.54. The van der Waals surface area contributed by atoms with Crippen molar-refractivity contribution in [1.29, 1.82) is 0 Å². The molecule has 0 fully saturated rings. The van der Waals surface area contributed by atoms with Gasteiger partial charge in [-0.1, -0.05) is 44.6 Å². The maximum absolute atomic E-state index is 4.05. The second kappa shape index (κ2) is 6.05. The molecule has 0 amide bonds. The molecule has 0 saturated carbocycles. The lowest BCUT2D eigenvalue weighted by molar-refractivity contribution is 0.603. The summed E-state index contributed by atoms with van der Waals surface area (Å²) < 4.78 is 0. The highest BCUT2D eigenvalue weighted by Gasteiger charge is 2.02. The SMILES string of the molecule is C=C(CCC)CCC(C)C(=C)C. The summed E-state index contributed by atoms with van der Waals surface area (Å²) in [6.45, 7) is 14.5. The van der Waals surface area contributed by atoms with Crippen molar-refractivity contribution >= 4 is 0 Å². The molecular formula is C12H22. The average molecular weight is 166 g/mol. The summed E-state index contributed by atoms with van der Waals surface area (Å²) in [6, 6.07) is 0. The Morgan fingerprint density at radius 1 is 1.25 bits per heavy atom. The van der Waals surface area contributed by atoms with Crippen LogP contribution in [0.4, 0.5) is 0 Å². The highest BCUT2D eigenvalue weighted by Crippen LogP contribution is 2.18. The zero-order chi connectivity index (χ0) is 9.56. The van der Waals surface area contributed by atoms with Gasteiger partial charge in [0.05, 0.1) is 0 Å². The van der Waals surface area contributed by atoms with Crippen molar-refractivity contribution < 1.29 is 0 Å². The Morgan fingerprint density at radius 3 is 2.25 bits per heavy atom. The quantitative estimate of drug-likeness (QED) is 0.515. The van der Waals surface area contributed by atoms with E-state index in [-0.39, 0.29) is 0 Å². The van der Waals surface area contributed by atoms with Gasteiger partial charge in [-0.15, -0.1) is 0 Å². The summed E-state index contributed by atoms with van der Waals surface area (Å²) in [5.74, 6) is 0.651. The van der Waals surface area contributed by atoms with Crippen molar-refractivity contribution in [2.24, 2.45) is 5.92 Å². The zero-order valence-corrected chi connectivity index (χ0v) is 8.82. The molecule has 70 valence electrons. The van der Waals surface area contributed by atoms with E-state index in [9.17, 15) is 0 Å². The van der Waals surface area contributed by atoms with E-state index >= 15 is 0 Å². The van der Waals surface area contributed by atoms with Crippen LogP contribution in [0.1, 0.15) is 46.5 Å². The second-order valence-electron chi connectivity index (χ2n) is 3.79. The normalized spacial score (nSPS) is 12.6. The minimum atomic E-state index is 0.651. The van der Waals surface area contributed by atoms with Crippen molar-refractivity contribution in [2.75, 3.05) is 0 Å². The molecule has 0 bridgehead atoms. The molecule has 0 aliphatic heterocycles. The monoisotopic (exact) mass is 166 g/mol. The highest BCUT2D eigenvalue weighted by molar-refractivity contribution is 4.99. The van der Waals surface area contributed by atoms with E-state index in [2.05, 4.69) is 33.9 Å². The fourth-order valence-electron chi connectivity index (χ4n) is 1.15. The molecular weight excluding hydrogens is 144 g/mol. The highest BCUT2D eigenvalue weighted by atomic mass is 14.1. The number of hydrogen-bond donors (Lipinski definition) is 0. The van der Waals surface area contributed by atoms with Crippen LogP contribution >= 0.6 is 0 Å². The van der Waals surface area contributed by atoms with Crippen molar-refractivity contribution in [3.8, 4) is 0 Å². The molecule has 0 N–H and O–H groups in total. The third kappa shape index (κ3) is 5.17. The standard InChI is InChI=1S/C12H22/c1-6-7-11(4)8-9-12(5)10(2)3/h12H,2,4,6-9H2,1,3,5H3. The van der Waals surface area contributed by atoms with Gasteiger partial charge in [-0.3, -0.25) is 0 Å². The molecule has 0 aromatic heterocycles. The summed E-state index contributed by atoms with van der Waals surface area (Å²) in [7, 11) is 0. The molecule has 0 rings (SSSR count). The summed E-state index contributed by atoms with van der Waals surface area (Å²) in [5, 5.41) is 0. The topological polar surface area (TPSA) is 0 Å². The minimum Gasteiger partial charge on any atom is -0.0999 e. The average Bonchev–Trinajstić information content (AvgIpc) is 2.00. The third-order valence-electron chi connectivity index (χ3n) is 2.38. The van der Waals surface area contributed by atoms with Crippen LogP contribution in [-0.4, -0.2) is 0 Å². The van der Waals surface area contributed by atoms with Crippen LogP contribution in [0.25, 0.3) is 0 Å². The van der Waals surface area contributed by atoms with Crippen LogP contribution in [0.2, 0.25) is 0 Å². The van der Waals surface area contributed by atoms with Crippen LogP contribution in [0.15, 0.2) is 24.3 Å². The largest absolute Gasteiger partial charge is 0.0999 e. The van der Waals surface area contributed by atoms with E-state index in [1.54, 1.807) is 0 Å². The minimum absolute atomic E-state index is 0.651. The van der Waals surface area contributed by atoms with Crippen LogP contribution in [0, 0.1) is 5.92 Å². The lowest BCUT2D eigenvalue weighted by Gasteiger charge is -2.11. The van der Waals surface area contributed by atoms with Crippen LogP contribution in [0.5, 0.6) is 0 Å². The van der Waals surface area contributed by atoms with Crippen LogP contribution in [0.3, 0.4) is 0 Å². The first-order valence-electron chi connectivity index (χ1n) is 4.90. The molecule has 0 aliphatic rings. The van der Waals surface area contributed by atoms with E-state index in [0.717, 1.165) is 0 Å².